The number of hydrogen-bond donors (Lipinski definition) is 1. The van der Waals surface area contributed by atoms with Crippen LogP contribution >= 0.6 is 0 Å². The maximum absolute atomic E-state index is 12.3. The first-order chi connectivity index (χ1) is 11.5. The number of rotatable bonds is 6. The molecular weight excluding hydrogens is 312 g/mol. The second-order valence-corrected chi connectivity index (χ2v) is 4.96. The van der Waals surface area contributed by atoms with Gasteiger partial charge in [0.2, 0.25) is 5.75 Å². The predicted molar refractivity (Wildman–Crippen MR) is 89.2 cm³/mol. The summed E-state index contributed by atoms with van der Waals surface area (Å²) in [5, 5.41) is 4.05. The summed E-state index contributed by atoms with van der Waals surface area (Å²) in [4.78, 5) is 12.3. The summed E-state index contributed by atoms with van der Waals surface area (Å²) < 4.78 is 21.1. The average Bonchev–Trinajstić information content (AvgIpc) is 3.04. The van der Waals surface area contributed by atoms with Gasteiger partial charge >= 0.3 is 0 Å². The Morgan fingerprint density at radius 1 is 1.08 bits per heavy atom. The van der Waals surface area contributed by atoms with Crippen LogP contribution in [-0.4, -0.2) is 32.9 Å². The molecule has 0 atom stereocenters. The normalized spacial score (nSPS) is 11.1. The monoisotopic (exact) mass is 332 g/mol. The first-order valence-corrected chi connectivity index (χ1v) is 7.21. The predicted octanol–water partition coefficient (Wildman–Crippen LogP) is 2.77. The first-order valence-electron chi connectivity index (χ1n) is 7.21. The van der Waals surface area contributed by atoms with E-state index in [-0.39, 0.29) is 0 Å². The number of nitrogens with zero attached hydrogens (tertiary/aromatic N) is 1. The van der Waals surface area contributed by atoms with E-state index in [2.05, 4.69) is 10.5 Å². The molecule has 7 heteroatoms. The van der Waals surface area contributed by atoms with Gasteiger partial charge in [0.1, 0.15) is 17.2 Å². The van der Waals surface area contributed by atoms with Crippen molar-refractivity contribution in [3.63, 3.8) is 0 Å². The Labute approximate surface area is 140 Å². The van der Waals surface area contributed by atoms with Gasteiger partial charge in [-0.1, -0.05) is 0 Å². The zero-order valence-electron chi connectivity index (χ0n) is 14.3. The van der Waals surface area contributed by atoms with Gasteiger partial charge in [-0.25, -0.2) is 5.43 Å². The molecule has 0 aliphatic carbocycles. The van der Waals surface area contributed by atoms with Crippen molar-refractivity contribution in [1.29, 1.82) is 0 Å². The van der Waals surface area contributed by atoms with E-state index in [1.54, 1.807) is 25.1 Å². The van der Waals surface area contributed by atoms with Crippen molar-refractivity contribution >= 4 is 11.6 Å². The van der Waals surface area contributed by atoms with Crippen molar-refractivity contribution in [2.75, 3.05) is 21.3 Å². The molecule has 0 aliphatic heterocycles. The van der Waals surface area contributed by atoms with Crippen LogP contribution in [0.25, 0.3) is 0 Å². The van der Waals surface area contributed by atoms with E-state index in [1.165, 1.54) is 21.3 Å². The van der Waals surface area contributed by atoms with Gasteiger partial charge in [0.15, 0.2) is 11.5 Å². The van der Waals surface area contributed by atoms with Gasteiger partial charge in [-0.05, 0) is 38.1 Å². The summed E-state index contributed by atoms with van der Waals surface area (Å²) >= 11 is 0. The number of benzene rings is 1. The van der Waals surface area contributed by atoms with E-state index >= 15 is 0 Å². The molecule has 0 unspecified atom stereocenters. The Hall–Kier alpha value is -2.96. The third-order valence-electron chi connectivity index (χ3n) is 3.35. The van der Waals surface area contributed by atoms with Crippen molar-refractivity contribution < 1.29 is 23.4 Å². The fourth-order valence-electron chi connectivity index (χ4n) is 2.10. The van der Waals surface area contributed by atoms with E-state index in [1.807, 2.05) is 13.0 Å². The zero-order valence-corrected chi connectivity index (χ0v) is 14.3. The highest BCUT2D eigenvalue weighted by atomic mass is 16.5. The maximum atomic E-state index is 12.3. The van der Waals surface area contributed by atoms with Crippen LogP contribution in [0.5, 0.6) is 17.2 Å². The molecule has 1 N–H and O–H groups in total. The minimum atomic E-state index is -0.406. The Morgan fingerprint density at radius 2 is 1.71 bits per heavy atom. The maximum Gasteiger partial charge on any atom is 0.271 e. The Balaban J connectivity index is 2.23. The fourth-order valence-corrected chi connectivity index (χ4v) is 2.10. The molecule has 128 valence electrons. The largest absolute Gasteiger partial charge is 0.493 e. The van der Waals surface area contributed by atoms with Gasteiger partial charge in [-0.3, -0.25) is 4.79 Å². The van der Waals surface area contributed by atoms with E-state index in [4.69, 9.17) is 18.6 Å². The molecular formula is C17H20N2O5. The summed E-state index contributed by atoms with van der Waals surface area (Å²) in [7, 11) is 4.47. The highest BCUT2D eigenvalue weighted by molar-refractivity contribution is 5.99. The van der Waals surface area contributed by atoms with Crippen molar-refractivity contribution in [2.45, 2.75) is 13.8 Å². The molecule has 1 aromatic carbocycles. The Kier molecular flexibility index (Phi) is 5.47. The molecule has 7 nitrogen and oxygen atoms in total. The number of carbonyl (C=O) groups is 1. The van der Waals surface area contributed by atoms with Crippen LogP contribution in [0.15, 0.2) is 33.8 Å². The van der Waals surface area contributed by atoms with Crippen molar-refractivity contribution in [3.8, 4) is 17.2 Å². The average molecular weight is 332 g/mol. The third kappa shape index (κ3) is 3.68. The number of hydrogen-bond acceptors (Lipinski definition) is 6. The topological polar surface area (TPSA) is 82.3 Å². The molecule has 24 heavy (non-hydrogen) atoms. The molecule has 1 amide bonds. The Bertz CT molecular complexity index is 739. The highest BCUT2D eigenvalue weighted by Crippen LogP contribution is 2.38. The van der Waals surface area contributed by atoms with Gasteiger partial charge < -0.3 is 18.6 Å². The quantitative estimate of drug-likeness (QED) is 0.650. The number of aryl methyl sites for hydroxylation is 1. The number of ether oxygens (including phenoxy) is 3. The molecule has 0 aliphatic rings. The lowest BCUT2D eigenvalue weighted by molar-refractivity contribution is 0.0954. The number of carbonyl (C=O) groups excluding carboxylic acids is 1. The van der Waals surface area contributed by atoms with Crippen LogP contribution in [0.3, 0.4) is 0 Å². The smallest absolute Gasteiger partial charge is 0.271 e. The lowest BCUT2D eigenvalue weighted by Gasteiger charge is -2.13. The fraction of sp³-hybridized carbons (Fsp3) is 0.294. The molecule has 0 radical (unpaired) electrons. The van der Waals surface area contributed by atoms with Gasteiger partial charge in [0, 0.05) is 5.56 Å². The summed E-state index contributed by atoms with van der Waals surface area (Å²) in [5.74, 6) is 2.17. The second-order valence-electron chi connectivity index (χ2n) is 4.96. The molecule has 0 spiro atoms. The number of furan rings is 1. The van der Waals surface area contributed by atoms with Crippen LogP contribution in [0.2, 0.25) is 0 Å². The van der Waals surface area contributed by atoms with Crippen LogP contribution in [-0.2, 0) is 0 Å². The summed E-state index contributed by atoms with van der Waals surface area (Å²) in [5.41, 5.74) is 3.37. The van der Waals surface area contributed by atoms with Crippen molar-refractivity contribution in [2.24, 2.45) is 5.10 Å². The minimum absolute atomic E-state index is 0.330. The third-order valence-corrected chi connectivity index (χ3v) is 3.35. The lowest BCUT2D eigenvalue weighted by Crippen LogP contribution is -2.19. The van der Waals surface area contributed by atoms with Crippen LogP contribution < -0.4 is 19.6 Å². The molecule has 1 heterocycles. The summed E-state index contributed by atoms with van der Waals surface area (Å²) in [6, 6.07) is 6.73. The molecule has 2 rings (SSSR count). The molecule has 2 aromatic rings. The van der Waals surface area contributed by atoms with Crippen LogP contribution in [0, 0.1) is 6.92 Å². The van der Waals surface area contributed by atoms with E-state index < -0.39 is 5.91 Å². The number of hydrazone groups is 1. The summed E-state index contributed by atoms with van der Waals surface area (Å²) in [6.45, 7) is 3.58. The van der Waals surface area contributed by atoms with Crippen molar-refractivity contribution in [1.82, 2.24) is 5.43 Å². The standard InChI is InChI=1S/C17H20N2O5/c1-10-6-7-13(24-10)11(2)18-19-17(20)12-8-14(21-3)16(23-5)15(9-12)22-4/h6-9H,1-5H3,(H,19,20). The number of methoxy groups -OCH3 is 3. The van der Waals surface area contributed by atoms with E-state index in [0.29, 0.717) is 34.3 Å². The van der Waals surface area contributed by atoms with Crippen LogP contribution in [0.1, 0.15) is 28.8 Å². The van der Waals surface area contributed by atoms with Gasteiger partial charge in [-0.2, -0.15) is 5.10 Å². The van der Waals surface area contributed by atoms with Gasteiger partial charge in [0.05, 0.1) is 21.3 Å². The molecule has 0 saturated carbocycles. The van der Waals surface area contributed by atoms with Crippen molar-refractivity contribution in [3.05, 3.63) is 41.3 Å². The molecule has 1 aromatic heterocycles. The van der Waals surface area contributed by atoms with Gasteiger partial charge in [-0.15, -0.1) is 0 Å². The Morgan fingerprint density at radius 3 is 2.17 bits per heavy atom. The molecule has 0 saturated heterocycles. The number of nitrogens with one attached hydrogen (secondary N) is 1. The summed E-state index contributed by atoms with van der Waals surface area (Å²) in [6.07, 6.45) is 0. The zero-order chi connectivity index (χ0) is 17.7. The number of amides is 1. The van der Waals surface area contributed by atoms with E-state index in [9.17, 15) is 4.79 Å². The van der Waals surface area contributed by atoms with Crippen LogP contribution in [0.4, 0.5) is 0 Å². The van der Waals surface area contributed by atoms with E-state index in [0.717, 1.165) is 5.76 Å². The molecule has 0 fully saturated rings. The van der Waals surface area contributed by atoms with Gasteiger partial charge in [0.25, 0.3) is 5.91 Å². The SMILES string of the molecule is COc1cc(C(=O)NN=C(C)c2ccc(C)o2)cc(OC)c1OC. The first kappa shape index (κ1) is 17.4. The second kappa shape index (κ2) is 7.54. The minimum Gasteiger partial charge on any atom is -0.493 e. The highest BCUT2D eigenvalue weighted by Gasteiger charge is 2.17. The molecule has 0 bridgehead atoms. The lowest BCUT2D eigenvalue weighted by atomic mass is 10.1.